The SMILES string of the molecule is CC(=O)NC(C)(C)C(=O)N1CCC(c2ccnc(N)n2)CC1. The molecule has 2 rings (SSSR count). The molecule has 1 aliphatic heterocycles. The van der Waals surface area contributed by atoms with E-state index in [1.165, 1.54) is 6.92 Å². The van der Waals surface area contributed by atoms with E-state index in [9.17, 15) is 9.59 Å². The van der Waals surface area contributed by atoms with E-state index in [-0.39, 0.29) is 17.8 Å². The number of rotatable bonds is 3. The van der Waals surface area contributed by atoms with Crippen molar-refractivity contribution >= 4 is 17.8 Å². The number of nitrogen functional groups attached to an aromatic ring is 1. The number of aromatic nitrogens is 2. The number of anilines is 1. The minimum Gasteiger partial charge on any atom is -0.368 e. The van der Waals surface area contributed by atoms with Crippen molar-refractivity contribution in [3.8, 4) is 0 Å². The maximum Gasteiger partial charge on any atom is 0.247 e. The zero-order valence-corrected chi connectivity index (χ0v) is 13.3. The number of piperidine rings is 1. The zero-order chi connectivity index (χ0) is 16.3. The quantitative estimate of drug-likeness (QED) is 0.855. The molecule has 3 N–H and O–H groups in total. The molecule has 2 amide bonds. The highest BCUT2D eigenvalue weighted by molar-refractivity contribution is 5.90. The molecule has 7 heteroatoms. The summed E-state index contributed by atoms with van der Waals surface area (Å²) in [6, 6.07) is 1.87. The van der Waals surface area contributed by atoms with Gasteiger partial charge in [0.25, 0.3) is 0 Å². The Hall–Kier alpha value is -2.18. The number of nitrogens with two attached hydrogens (primary N) is 1. The molecule has 22 heavy (non-hydrogen) atoms. The van der Waals surface area contributed by atoms with E-state index in [1.54, 1.807) is 24.9 Å². The van der Waals surface area contributed by atoms with Gasteiger partial charge >= 0.3 is 0 Å². The fraction of sp³-hybridized carbons (Fsp3) is 0.600. The molecule has 0 saturated carbocycles. The number of likely N-dealkylation sites (tertiary alicyclic amines) is 1. The molecule has 1 aliphatic rings. The van der Waals surface area contributed by atoms with Crippen LogP contribution in [-0.4, -0.2) is 45.3 Å². The van der Waals surface area contributed by atoms with Gasteiger partial charge in [-0.25, -0.2) is 9.97 Å². The lowest BCUT2D eigenvalue weighted by atomic mass is 9.92. The molecule has 1 aromatic rings. The number of hydrogen-bond donors (Lipinski definition) is 2. The number of carbonyl (C=O) groups excluding carboxylic acids is 2. The molecular weight excluding hydrogens is 282 g/mol. The third-order valence-electron chi connectivity index (χ3n) is 3.92. The molecule has 0 atom stereocenters. The van der Waals surface area contributed by atoms with E-state index in [1.807, 2.05) is 6.07 Å². The first-order valence-corrected chi connectivity index (χ1v) is 7.46. The summed E-state index contributed by atoms with van der Waals surface area (Å²) in [5.74, 6) is 0.314. The third-order valence-corrected chi connectivity index (χ3v) is 3.92. The Morgan fingerprint density at radius 3 is 2.55 bits per heavy atom. The Balaban J connectivity index is 1.97. The normalized spacial score (nSPS) is 16.4. The van der Waals surface area contributed by atoms with Gasteiger partial charge in [-0.05, 0) is 32.8 Å². The van der Waals surface area contributed by atoms with Gasteiger partial charge in [-0.3, -0.25) is 9.59 Å². The van der Waals surface area contributed by atoms with Crippen molar-refractivity contribution in [3.05, 3.63) is 18.0 Å². The van der Waals surface area contributed by atoms with Crippen molar-refractivity contribution in [1.82, 2.24) is 20.2 Å². The van der Waals surface area contributed by atoms with E-state index in [0.29, 0.717) is 19.0 Å². The lowest BCUT2D eigenvalue weighted by Gasteiger charge is -2.37. The van der Waals surface area contributed by atoms with Crippen LogP contribution in [0, 0.1) is 0 Å². The number of hydrogen-bond acceptors (Lipinski definition) is 5. The number of amides is 2. The van der Waals surface area contributed by atoms with Crippen molar-refractivity contribution in [2.75, 3.05) is 18.8 Å². The second-order valence-electron chi connectivity index (χ2n) is 6.21. The first-order chi connectivity index (χ1) is 10.3. The molecule has 0 radical (unpaired) electrons. The van der Waals surface area contributed by atoms with Gasteiger partial charge in [-0.15, -0.1) is 0 Å². The van der Waals surface area contributed by atoms with Gasteiger partial charge < -0.3 is 16.0 Å². The lowest BCUT2D eigenvalue weighted by molar-refractivity contribution is -0.141. The predicted octanol–water partition coefficient (Wildman–Crippen LogP) is 0.680. The second kappa shape index (κ2) is 6.29. The van der Waals surface area contributed by atoms with Gasteiger partial charge in [0.15, 0.2) is 0 Å². The van der Waals surface area contributed by atoms with Crippen LogP contribution >= 0.6 is 0 Å². The van der Waals surface area contributed by atoms with Crippen LogP contribution in [0.5, 0.6) is 0 Å². The molecule has 1 fully saturated rings. The molecule has 1 aromatic heterocycles. The molecule has 7 nitrogen and oxygen atoms in total. The van der Waals surface area contributed by atoms with Crippen molar-refractivity contribution < 1.29 is 9.59 Å². The largest absolute Gasteiger partial charge is 0.368 e. The van der Waals surface area contributed by atoms with Gasteiger partial charge in [0, 0.05) is 37.8 Å². The maximum atomic E-state index is 12.5. The second-order valence-corrected chi connectivity index (χ2v) is 6.21. The Bertz CT molecular complexity index is 565. The fourth-order valence-electron chi connectivity index (χ4n) is 2.88. The van der Waals surface area contributed by atoms with Crippen LogP contribution < -0.4 is 11.1 Å². The molecule has 0 unspecified atom stereocenters. The molecule has 0 aliphatic carbocycles. The highest BCUT2D eigenvalue weighted by Gasteiger charge is 2.35. The van der Waals surface area contributed by atoms with E-state index in [4.69, 9.17) is 5.73 Å². The standard InChI is InChI=1S/C15H23N5O2/c1-10(21)19-15(2,3)13(22)20-8-5-11(6-9-20)12-4-7-17-14(16)18-12/h4,7,11H,5-6,8-9H2,1-3H3,(H,19,21)(H2,16,17,18). The van der Waals surface area contributed by atoms with Crippen molar-refractivity contribution in [2.45, 2.75) is 45.1 Å². The summed E-state index contributed by atoms with van der Waals surface area (Å²) in [5, 5.41) is 2.70. The maximum absolute atomic E-state index is 12.5. The molecule has 120 valence electrons. The Kier molecular flexibility index (Phi) is 4.63. The summed E-state index contributed by atoms with van der Waals surface area (Å²) in [4.78, 5) is 33.7. The van der Waals surface area contributed by atoms with Crippen LogP contribution in [0.25, 0.3) is 0 Å². The molecule has 0 aromatic carbocycles. The van der Waals surface area contributed by atoms with Gasteiger partial charge in [-0.1, -0.05) is 0 Å². The van der Waals surface area contributed by atoms with E-state index >= 15 is 0 Å². The highest BCUT2D eigenvalue weighted by atomic mass is 16.2. The van der Waals surface area contributed by atoms with Crippen LogP contribution in [0.3, 0.4) is 0 Å². The average Bonchev–Trinajstić information content (AvgIpc) is 2.45. The molecule has 2 heterocycles. The van der Waals surface area contributed by atoms with Crippen LogP contribution in [0.4, 0.5) is 5.95 Å². The van der Waals surface area contributed by atoms with Crippen molar-refractivity contribution in [3.63, 3.8) is 0 Å². The van der Waals surface area contributed by atoms with E-state index < -0.39 is 5.54 Å². The van der Waals surface area contributed by atoms with Gasteiger partial charge in [0.2, 0.25) is 17.8 Å². The Morgan fingerprint density at radius 1 is 1.36 bits per heavy atom. The summed E-state index contributed by atoms with van der Waals surface area (Å²) >= 11 is 0. The Labute approximate surface area is 130 Å². The Morgan fingerprint density at radius 2 is 2.00 bits per heavy atom. The van der Waals surface area contributed by atoms with Crippen molar-refractivity contribution in [1.29, 1.82) is 0 Å². The van der Waals surface area contributed by atoms with Gasteiger partial charge in [0.1, 0.15) is 5.54 Å². The first-order valence-electron chi connectivity index (χ1n) is 7.46. The van der Waals surface area contributed by atoms with Crippen LogP contribution in [0.2, 0.25) is 0 Å². The van der Waals surface area contributed by atoms with Gasteiger partial charge in [-0.2, -0.15) is 0 Å². The van der Waals surface area contributed by atoms with Crippen LogP contribution in [-0.2, 0) is 9.59 Å². The number of nitrogens with zero attached hydrogens (tertiary/aromatic N) is 3. The van der Waals surface area contributed by atoms with Gasteiger partial charge in [0.05, 0.1) is 0 Å². The summed E-state index contributed by atoms with van der Waals surface area (Å²) < 4.78 is 0. The number of carbonyl (C=O) groups is 2. The van der Waals surface area contributed by atoms with Crippen LogP contribution in [0.15, 0.2) is 12.3 Å². The monoisotopic (exact) mass is 305 g/mol. The van der Waals surface area contributed by atoms with E-state index in [0.717, 1.165) is 18.5 Å². The smallest absolute Gasteiger partial charge is 0.247 e. The highest BCUT2D eigenvalue weighted by Crippen LogP contribution is 2.27. The first kappa shape index (κ1) is 16.2. The fourth-order valence-corrected chi connectivity index (χ4v) is 2.88. The predicted molar refractivity (Wildman–Crippen MR) is 82.9 cm³/mol. The summed E-state index contributed by atoms with van der Waals surface area (Å²) in [5.41, 5.74) is 5.67. The average molecular weight is 305 g/mol. The summed E-state index contributed by atoms with van der Waals surface area (Å²) in [6.07, 6.45) is 3.33. The minimum absolute atomic E-state index is 0.0525. The molecular formula is C15H23N5O2. The van der Waals surface area contributed by atoms with E-state index in [2.05, 4.69) is 15.3 Å². The summed E-state index contributed by atoms with van der Waals surface area (Å²) in [6.45, 7) is 6.18. The molecule has 0 bridgehead atoms. The van der Waals surface area contributed by atoms with Crippen LogP contribution in [0.1, 0.15) is 45.2 Å². The topological polar surface area (TPSA) is 101 Å². The lowest BCUT2D eigenvalue weighted by Crippen LogP contribution is -2.56. The van der Waals surface area contributed by atoms with Crippen molar-refractivity contribution in [2.24, 2.45) is 0 Å². The summed E-state index contributed by atoms with van der Waals surface area (Å²) in [7, 11) is 0. The third kappa shape index (κ3) is 3.72. The molecule has 1 saturated heterocycles. The zero-order valence-electron chi connectivity index (χ0n) is 13.3. The number of nitrogens with one attached hydrogen (secondary N) is 1. The minimum atomic E-state index is -0.877. The molecule has 0 spiro atoms.